The number of hydrogen-bond acceptors (Lipinski definition) is 6. The molecule has 0 saturated carbocycles. The Hall–Kier alpha value is -1.67. The zero-order valence-electron chi connectivity index (χ0n) is 16.5. The lowest BCUT2D eigenvalue weighted by molar-refractivity contribution is -0.145. The van der Waals surface area contributed by atoms with Crippen molar-refractivity contribution in [2.75, 3.05) is 39.6 Å². The molecule has 0 bridgehead atoms. The van der Waals surface area contributed by atoms with Crippen molar-refractivity contribution in [3.8, 4) is 0 Å². The van der Waals surface area contributed by atoms with E-state index in [2.05, 4.69) is 12.2 Å². The summed E-state index contributed by atoms with van der Waals surface area (Å²) in [5.41, 5.74) is 0. The molecule has 0 aliphatic heterocycles. The molecule has 0 aromatic heterocycles. The van der Waals surface area contributed by atoms with Gasteiger partial charge in [0.1, 0.15) is 6.61 Å². The van der Waals surface area contributed by atoms with Crippen molar-refractivity contribution in [2.24, 2.45) is 0 Å². The fourth-order valence-corrected chi connectivity index (χ4v) is 2.19. The quantitative estimate of drug-likeness (QED) is 0.257. The summed E-state index contributed by atoms with van der Waals surface area (Å²) >= 11 is 0. The maximum absolute atomic E-state index is 11.5. The number of hydrogen-bond donors (Lipinski definition) is 2. The van der Waals surface area contributed by atoms with Gasteiger partial charge in [-0.2, -0.15) is 0 Å². The summed E-state index contributed by atoms with van der Waals surface area (Å²) in [6.45, 7) is 4.55. The van der Waals surface area contributed by atoms with E-state index in [-0.39, 0.29) is 31.3 Å². The van der Waals surface area contributed by atoms with Crippen LogP contribution in [0.3, 0.4) is 0 Å². The third-order valence-corrected chi connectivity index (χ3v) is 3.70. The highest BCUT2D eigenvalue weighted by Crippen LogP contribution is 2.05. The normalized spacial score (nSPS) is 10.6. The fourth-order valence-electron chi connectivity index (χ4n) is 2.19. The van der Waals surface area contributed by atoms with Crippen molar-refractivity contribution in [3.63, 3.8) is 0 Å². The lowest BCUT2D eigenvalue weighted by atomic mass is 10.1. The van der Waals surface area contributed by atoms with Crippen LogP contribution in [0.4, 0.5) is 0 Å². The molecule has 0 saturated heterocycles. The third-order valence-electron chi connectivity index (χ3n) is 3.70. The van der Waals surface area contributed by atoms with Crippen LogP contribution in [0.25, 0.3) is 0 Å². The number of esters is 1. The Bertz CT molecular complexity index is 402. The van der Waals surface area contributed by atoms with Crippen molar-refractivity contribution in [1.82, 2.24) is 5.32 Å². The Morgan fingerprint density at radius 3 is 2.15 bits per heavy atom. The molecule has 0 unspecified atom stereocenters. The van der Waals surface area contributed by atoms with E-state index in [1.807, 2.05) is 0 Å². The maximum Gasteiger partial charge on any atom is 0.305 e. The summed E-state index contributed by atoms with van der Waals surface area (Å²) in [4.78, 5) is 33.0. The molecule has 0 heterocycles. The number of ether oxygens (including phenoxy) is 3. The first-order valence-corrected chi connectivity index (χ1v) is 9.85. The van der Waals surface area contributed by atoms with Crippen LogP contribution in [0.2, 0.25) is 0 Å². The van der Waals surface area contributed by atoms with E-state index in [0.29, 0.717) is 45.8 Å². The van der Waals surface area contributed by atoms with Crippen molar-refractivity contribution < 1.29 is 33.7 Å². The van der Waals surface area contributed by atoms with Crippen molar-refractivity contribution in [3.05, 3.63) is 0 Å². The largest absolute Gasteiger partial charge is 0.481 e. The summed E-state index contributed by atoms with van der Waals surface area (Å²) < 4.78 is 15.7. The predicted octanol–water partition coefficient (Wildman–Crippen LogP) is 2.29. The van der Waals surface area contributed by atoms with Gasteiger partial charge in [-0.05, 0) is 12.8 Å². The highest BCUT2D eigenvalue weighted by molar-refractivity contribution is 5.80. The number of unbranched alkanes of at least 4 members (excludes halogenated alkanes) is 4. The molecule has 0 radical (unpaired) electrons. The van der Waals surface area contributed by atoms with Crippen LogP contribution in [0, 0.1) is 0 Å². The average Bonchev–Trinajstić information content (AvgIpc) is 2.64. The van der Waals surface area contributed by atoms with Crippen LogP contribution >= 0.6 is 0 Å². The molecular formula is C19H35NO7. The summed E-state index contributed by atoms with van der Waals surface area (Å²) in [7, 11) is 0. The first-order chi connectivity index (χ1) is 13.1. The minimum absolute atomic E-state index is 0.00649. The second kappa shape index (κ2) is 19.1. The van der Waals surface area contributed by atoms with Gasteiger partial charge in [-0.1, -0.05) is 32.6 Å². The Kier molecular flexibility index (Phi) is 17.9. The van der Waals surface area contributed by atoms with E-state index in [1.54, 1.807) is 0 Å². The molecule has 8 nitrogen and oxygen atoms in total. The van der Waals surface area contributed by atoms with E-state index in [1.165, 1.54) is 19.3 Å². The number of carbonyl (C=O) groups is 3. The number of amides is 1. The van der Waals surface area contributed by atoms with Gasteiger partial charge in [0.15, 0.2) is 0 Å². The SMILES string of the molecule is CCCCCCCC(=O)OCCOCCOCCCNC(=O)CCC(=O)O. The van der Waals surface area contributed by atoms with Gasteiger partial charge in [0, 0.05) is 26.0 Å². The molecule has 0 atom stereocenters. The number of carboxylic acid groups (broad SMARTS) is 1. The van der Waals surface area contributed by atoms with Gasteiger partial charge in [-0.25, -0.2) is 0 Å². The summed E-state index contributed by atoms with van der Waals surface area (Å²) in [6, 6.07) is 0. The molecule has 8 heteroatoms. The zero-order chi connectivity index (χ0) is 20.2. The Labute approximate surface area is 161 Å². The second-order valence-electron chi connectivity index (χ2n) is 6.21. The molecule has 0 aromatic carbocycles. The van der Waals surface area contributed by atoms with Gasteiger partial charge in [-0.15, -0.1) is 0 Å². The highest BCUT2D eigenvalue weighted by atomic mass is 16.6. The predicted molar refractivity (Wildman–Crippen MR) is 100 cm³/mol. The van der Waals surface area contributed by atoms with E-state index in [9.17, 15) is 14.4 Å². The number of carbonyl (C=O) groups excluding carboxylic acids is 2. The number of carboxylic acids is 1. The van der Waals surface area contributed by atoms with Crippen LogP contribution in [0.5, 0.6) is 0 Å². The molecule has 0 spiro atoms. The molecule has 0 aliphatic rings. The van der Waals surface area contributed by atoms with E-state index < -0.39 is 5.97 Å². The molecule has 1 amide bonds. The fraction of sp³-hybridized carbons (Fsp3) is 0.842. The number of aliphatic carboxylic acids is 1. The molecule has 0 rings (SSSR count). The monoisotopic (exact) mass is 389 g/mol. The van der Waals surface area contributed by atoms with Crippen LogP contribution in [0.1, 0.15) is 64.7 Å². The highest BCUT2D eigenvalue weighted by Gasteiger charge is 2.04. The number of rotatable bonds is 19. The summed E-state index contributed by atoms with van der Waals surface area (Å²) in [5.74, 6) is -1.42. The minimum atomic E-state index is -0.981. The van der Waals surface area contributed by atoms with Crippen molar-refractivity contribution in [1.29, 1.82) is 0 Å². The Balaban J connectivity index is 3.23. The first kappa shape index (κ1) is 25.3. The van der Waals surface area contributed by atoms with Crippen LogP contribution < -0.4 is 5.32 Å². The Morgan fingerprint density at radius 1 is 0.778 bits per heavy atom. The molecule has 0 fully saturated rings. The van der Waals surface area contributed by atoms with Crippen molar-refractivity contribution >= 4 is 17.8 Å². The molecule has 27 heavy (non-hydrogen) atoms. The molecule has 0 aromatic rings. The molecule has 158 valence electrons. The summed E-state index contributed by atoms with van der Waals surface area (Å²) in [5, 5.41) is 11.1. The van der Waals surface area contributed by atoms with Crippen LogP contribution in [0.15, 0.2) is 0 Å². The van der Waals surface area contributed by atoms with Gasteiger partial charge in [0.05, 0.1) is 26.2 Å². The van der Waals surface area contributed by atoms with Gasteiger partial charge >= 0.3 is 11.9 Å². The van der Waals surface area contributed by atoms with Gasteiger partial charge in [-0.3, -0.25) is 14.4 Å². The lowest BCUT2D eigenvalue weighted by Gasteiger charge is -2.07. The molecular weight excluding hydrogens is 354 g/mol. The zero-order valence-corrected chi connectivity index (χ0v) is 16.5. The third kappa shape index (κ3) is 20.5. The second-order valence-corrected chi connectivity index (χ2v) is 6.21. The maximum atomic E-state index is 11.5. The number of nitrogens with one attached hydrogen (secondary N) is 1. The average molecular weight is 389 g/mol. The first-order valence-electron chi connectivity index (χ1n) is 9.85. The van der Waals surface area contributed by atoms with Gasteiger partial charge < -0.3 is 24.6 Å². The molecule has 2 N–H and O–H groups in total. The minimum Gasteiger partial charge on any atom is -0.481 e. The van der Waals surface area contributed by atoms with Crippen molar-refractivity contribution in [2.45, 2.75) is 64.7 Å². The topological polar surface area (TPSA) is 111 Å². The molecule has 0 aliphatic carbocycles. The summed E-state index contributed by atoms with van der Waals surface area (Å²) in [6.07, 6.45) is 6.49. The van der Waals surface area contributed by atoms with Crippen LogP contribution in [-0.4, -0.2) is 62.5 Å². The van der Waals surface area contributed by atoms with E-state index in [0.717, 1.165) is 12.8 Å². The van der Waals surface area contributed by atoms with E-state index in [4.69, 9.17) is 19.3 Å². The Morgan fingerprint density at radius 2 is 1.44 bits per heavy atom. The van der Waals surface area contributed by atoms with E-state index >= 15 is 0 Å². The van der Waals surface area contributed by atoms with Crippen LogP contribution in [-0.2, 0) is 28.6 Å². The van der Waals surface area contributed by atoms with Gasteiger partial charge in [0.25, 0.3) is 0 Å². The van der Waals surface area contributed by atoms with Gasteiger partial charge in [0.2, 0.25) is 5.91 Å². The lowest BCUT2D eigenvalue weighted by Crippen LogP contribution is -2.25. The smallest absolute Gasteiger partial charge is 0.305 e. The standard InChI is InChI=1S/C19H35NO7/c1-2-3-4-5-6-8-19(24)27-16-15-26-14-13-25-12-7-11-20-17(21)9-10-18(22)23/h2-16H2,1H3,(H,20,21)(H,22,23).